The molecule has 0 saturated carbocycles. The fourth-order valence-electron chi connectivity index (χ4n) is 4.81. The van der Waals surface area contributed by atoms with Crippen LogP contribution in [0, 0.1) is 18.3 Å². The summed E-state index contributed by atoms with van der Waals surface area (Å²) in [7, 11) is 1.63. The van der Waals surface area contributed by atoms with E-state index in [1.165, 1.54) is 0 Å². The number of ketones is 1. The van der Waals surface area contributed by atoms with Gasteiger partial charge >= 0.3 is 5.84 Å². The Kier molecular flexibility index (Phi) is 9.16. The lowest BCUT2D eigenvalue weighted by Crippen LogP contribution is -2.47. The number of nitrogens with zero attached hydrogens (tertiary/aromatic N) is 2. The highest BCUT2D eigenvalue weighted by Gasteiger charge is 2.31. The number of carbonyl (C=O) groups excluding carboxylic acids is 2. The second-order valence-electron chi connectivity index (χ2n) is 9.80. The van der Waals surface area contributed by atoms with Gasteiger partial charge in [0.25, 0.3) is 0 Å². The molecule has 1 radical (unpaired) electrons. The Balaban J connectivity index is 1.45. The Morgan fingerprint density at radius 2 is 1.92 bits per heavy atom. The first-order valence-corrected chi connectivity index (χ1v) is 13.4. The molecule has 8 nitrogen and oxygen atoms in total. The van der Waals surface area contributed by atoms with Crippen LogP contribution in [0.5, 0.6) is 5.75 Å². The molecule has 0 aliphatic carbocycles. The number of nitrogens with one attached hydrogen (secondary N) is 3. The van der Waals surface area contributed by atoms with Gasteiger partial charge < -0.3 is 15.0 Å². The second-order valence-corrected chi connectivity index (χ2v) is 9.80. The molecule has 3 aromatic rings. The van der Waals surface area contributed by atoms with Crippen LogP contribution in [0.15, 0.2) is 48.7 Å². The molecule has 0 fully saturated rings. The standard InChI is InChI=1S/C31H35N5O3/c1-4-23(37)8-6-5-7-9-28(31-33-19-29(36-31)22-12-10-21(18-32)11-13-22)35-30(38)17-25-20(2)34-27-15-14-24(39-3)16-26(25)27/h10-16,19,28,34,36H,4-9,17H2,1-3H3,(H,35,38)/q+1/t28-/m0/s1. The predicted molar refractivity (Wildman–Crippen MR) is 153 cm³/mol. The van der Waals surface area contributed by atoms with Crippen molar-refractivity contribution in [1.82, 2.24) is 20.6 Å². The van der Waals surface area contributed by atoms with E-state index in [1.54, 1.807) is 25.4 Å². The van der Waals surface area contributed by atoms with Crippen molar-refractivity contribution in [2.24, 2.45) is 0 Å². The van der Waals surface area contributed by atoms with Gasteiger partial charge in [-0.2, -0.15) is 5.26 Å². The number of aromatic amines is 1. The van der Waals surface area contributed by atoms with Crippen molar-refractivity contribution >= 4 is 34.1 Å². The summed E-state index contributed by atoms with van der Waals surface area (Å²) in [6, 6.07) is 14.9. The van der Waals surface area contributed by atoms with E-state index in [1.807, 2.05) is 44.2 Å². The number of amidine groups is 1. The van der Waals surface area contributed by atoms with Gasteiger partial charge in [0.05, 0.1) is 25.2 Å². The zero-order valence-corrected chi connectivity index (χ0v) is 22.8. The number of unbranched alkanes of at least 4 members (excludes halogenated alkanes) is 2. The van der Waals surface area contributed by atoms with Crippen molar-refractivity contribution in [3.63, 3.8) is 0 Å². The van der Waals surface area contributed by atoms with Crippen molar-refractivity contribution in [1.29, 1.82) is 5.26 Å². The van der Waals surface area contributed by atoms with Gasteiger partial charge in [-0.25, -0.2) is 5.32 Å². The van der Waals surface area contributed by atoms with E-state index < -0.39 is 0 Å². The summed E-state index contributed by atoms with van der Waals surface area (Å²) in [5.41, 5.74) is 5.19. The number of amides is 1. The summed E-state index contributed by atoms with van der Waals surface area (Å²) < 4.78 is 5.39. The van der Waals surface area contributed by atoms with E-state index >= 15 is 0 Å². The zero-order chi connectivity index (χ0) is 27.8. The number of benzene rings is 2. The fourth-order valence-corrected chi connectivity index (χ4v) is 4.81. The molecular formula is C31H35N5O3+. The van der Waals surface area contributed by atoms with E-state index in [-0.39, 0.29) is 24.2 Å². The van der Waals surface area contributed by atoms with Crippen LogP contribution >= 0.6 is 0 Å². The number of fused-ring (bicyclic) bond motifs is 1. The molecule has 1 atom stereocenters. The molecule has 201 valence electrons. The van der Waals surface area contributed by atoms with Crippen molar-refractivity contribution in [2.75, 3.05) is 7.11 Å². The van der Waals surface area contributed by atoms with Crippen molar-refractivity contribution in [3.05, 3.63) is 71.0 Å². The van der Waals surface area contributed by atoms with Gasteiger partial charge in [-0.05, 0) is 72.8 Å². The first-order valence-electron chi connectivity index (χ1n) is 13.4. The minimum Gasteiger partial charge on any atom is -0.497 e. The normalized spacial score (nSPS) is 13.3. The summed E-state index contributed by atoms with van der Waals surface area (Å²) >= 11 is 0. The Morgan fingerprint density at radius 3 is 2.64 bits per heavy atom. The molecular weight excluding hydrogens is 490 g/mol. The maximum Gasteiger partial charge on any atom is 0.319 e. The fraction of sp³-hybridized carbons (Fsp3) is 0.355. The number of aryl methyl sites for hydroxylation is 1. The van der Waals surface area contributed by atoms with Gasteiger partial charge in [-0.1, -0.05) is 19.8 Å². The van der Waals surface area contributed by atoms with Gasteiger partial charge in [-0.3, -0.25) is 9.59 Å². The monoisotopic (exact) mass is 525 g/mol. The topological polar surface area (TPSA) is 121 Å². The molecule has 0 unspecified atom stereocenters. The molecule has 1 amide bonds. The minimum atomic E-state index is -0.299. The number of rotatable bonds is 13. The summed E-state index contributed by atoms with van der Waals surface area (Å²) in [4.78, 5) is 33.0. The number of hydrogen-bond donors (Lipinski definition) is 3. The molecule has 0 bridgehead atoms. The Morgan fingerprint density at radius 1 is 1.13 bits per heavy atom. The summed E-state index contributed by atoms with van der Waals surface area (Å²) in [6.07, 6.45) is 6.46. The predicted octanol–water partition coefficient (Wildman–Crippen LogP) is 4.65. The first kappa shape index (κ1) is 27.6. The SMILES string of the molecule is CCC(=O)CCCCC[C@H](NC(=O)Cc1c(C)[nH]c2ccc(OC)cc12)C1=[N+]C=C(c2ccc(C#N)cc2)N1. The van der Waals surface area contributed by atoms with E-state index in [9.17, 15) is 9.59 Å². The largest absolute Gasteiger partial charge is 0.497 e. The van der Waals surface area contributed by atoms with Crippen LogP contribution in [0.25, 0.3) is 16.6 Å². The molecule has 1 aliphatic rings. The third kappa shape index (κ3) is 6.94. The first-order chi connectivity index (χ1) is 18.9. The molecule has 0 spiro atoms. The molecule has 2 aromatic carbocycles. The van der Waals surface area contributed by atoms with Crippen LogP contribution < -0.4 is 20.4 Å². The molecule has 3 N–H and O–H groups in total. The van der Waals surface area contributed by atoms with E-state index in [0.29, 0.717) is 30.7 Å². The van der Waals surface area contributed by atoms with Crippen LogP contribution in [0.2, 0.25) is 0 Å². The number of carbonyl (C=O) groups is 2. The van der Waals surface area contributed by atoms with Crippen LogP contribution in [-0.2, 0) is 16.0 Å². The van der Waals surface area contributed by atoms with E-state index in [4.69, 9.17) is 10.00 Å². The van der Waals surface area contributed by atoms with Crippen molar-refractivity contribution in [2.45, 2.75) is 64.8 Å². The molecule has 8 heteroatoms. The van der Waals surface area contributed by atoms with Gasteiger partial charge in [0.2, 0.25) is 5.91 Å². The minimum absolute atomic E-state index is 0.0932. The lowest BCUT2D eigenvalue weighted by atomic mass is 10.0. The molecule has 39 heavy (non-hydrogen) atoms. The Labute approximate surface area is 229 Å². The van der Waals surface area contributed by atoms with Gasteiger partial charge in [0.1, 0.15) is 17.6 Å². The second kappa shape index (κ2) is 12.9. The molecule has 1 aromatic heterocycles. The van der Waals surface area contributed by atoms with Gasteiger partial charge in [-0.15, -0.1) is 0 Å². The van der Waals surface area contributed by atoms with Gasteiger partial charge in [0, 0.05) is 35.0 Å². The average molecular weight is 526 g/mol. The molecule has 4 rings (SSSR count). The average Bonchev–Trinajstić information content (AvgIpc) is 3.56. The van der Waals surface area contributed by atoms with Crippen LogP contribution in [0.4, 0.5) is 0 Å². The van der Waals surface area contributed by atoms with Crippen LogP contribution in [0.3, 0.4) is 0 Å². The number of methoxy groups -OCH3 is 1. The third-order valence-corrected chi connectivity index (χ3v) is 7.09. The molecule has 1 aliphatic heterocycles. The van der Waals surface area contributed by atoms with Crippen LogP contribution in [0.1, 0.15) is 67.8 Å². The van der Waals surface area contributed by atoms with Crippen molar-refractivity contribution < 1.29 is 14.3 Å². The lowest BCUT2D eigenvalue weighted by molar-refractivity contribution is -0.121. The molecule has 0 saturated heterocycles. The highest BCUT2D eigenvalue weighted by molar-refractivity contribution is 6.00. The maximum absolute atomic E-state index is 13.3. The third-order valence-electron chi connectivity index (χ3n) is 7.09. The van der Waals surface area contributed by atoms with Crippen LogP contribution in [-0.4, -0.2) is 35.7 Å². The number of H-pyrrole nitrogens is 1. The van der Waals surface area contributed by atoms with Gasteiger partial charge in [0.15, 0.2) is 11.9 Å². The Hall–Kier alpha value is -4.38. The number of ether oxygens (including phenoxy) is 1. The number of hydrogen-bond acceptors (Lipinski definition) is 6. The number of Topliss-reactive ketones (excluding diaryl/α,β-unsaturated/α-hetero) is 1. The van der Waals surface area contributed by atoms with Crippen molar-refractivity contribution in [3.8, 4) is 11.8 Å². The highest BCUT2D eigenvalue weighted by atomic mass is 16.5. The summed E-state index contributed by atoms with van der Waals surface area (Å²) in [5.74, 6) is 1.62. The van der Waals surface area contributed by atoms with E-state index in [0.717, 1.165) is 58.4 Å². The number of nitriles is 1. The quantitative estimate of drug-likeness (QED) is 0.281. The smallest absolute Gasteiger partial charge is 0.319 e. The molecule has 2 heterocycles. The highest BCUT2D eigenvalue weighted by Crippen LogP contribution is 2.27. The van der Waals surface area contributed by atoms with E-state index in [2.05, 4.69) is 26.7 Å². The zero-order valence-electron chi connectivity index (χ0n) is 22.8. The Bertz CT molecular complexity index is 1440. The summed E-state index contributed by atoms with van der Waals surface area (Å²) in [5, 5.41) is 16.6. The number of aliphatic imine (C=N–C) groups is 1. The maximum atomic E-state index is 13.3. The number of aromatic nitrogens is 1. The lowest BCUT2D eigenvalue weighted by Gasteiger charge is -2.16. The summed E-state index contributed by atoms with van der Waals surface area (Å²) in [6.45, 7) is 3.86.